The van der Waals surface area contributed by atoms with Gasteiger partial charge in [-0.2, -0.15) is 0 Å². The summed E-state index contributed by atoms with van der Waals surface area (Å²) in [6.45, 7) is 4.60. The van der Waals surface area contributed by atoms with Crippen molar-refractivity contribution in [3.8, 4) is 56.2 Å². The van der Waals surface area contributed by atoms with Crippen LogP contribution in [0.25, 0.3) is 94.2 Å². The lowest BCUT2D eigenvalue weighted by Gasteiger charge is -2.22. The smallest absolute Gasteiger partial charge is 0.165 e. The first-order chi connectivity index (χ1) is 30.0. The molecule has 2 aliphatic rings. The topological polar surface area (TPSA) is 38.7 Å². The molecule has 0 spiro atoms. The van der Waals surface area contributed by atoms with E-state index in [0.717, 1.165) is 57.3 Å². The maximum atomic E-state index is 5.50. The molecule has 0 saturated heterocycles. The molecule has 292 valence electrons. The second-order valence-electron chi connectivity index (χ2n) is 16.5. The monoisotopic (exact) mass is 801 g/mol. The number of nitrogens with zero attached hydrogens (tertiary/aromatic N) is 3. The lowest BCUT2D eigenvalue weighted by atomic mass is 9.84. The van der Waals surface area contributed by atoms with E-state index >= 15 is 0 Å². The summed E-state index contributed by atoms with van der Waals surface area (Å²) in [6.07, 6.45) is 11.1. The van der Waals surface area contributed by atoms with Crippen LogP contribution in [-0.2, 0) is 6.42 Å². The van der Waals surface area contributed by atoms with Crippen molar-refractivity contribution in [1.29, 1.82) is 0 Å². The SMILES string of the molecule is CC1C=Cc2sc3c(-c4nc(C5=CC=C(c6ccc(-c7ccccc7)cc6)CC5C)nc(-c5c(-c6cccc(-c7ccccc7)c6)ccc6ccccc56)n4)cccc3c2C1. The molecule has 7 aromatic carbocycles. The van der Waals surface area contributed by atoms with Gasteiger partial charge in [0.15, 0.2) is 17.5 Å². The fourth-order valence-corrected chi connectivity index (χ4v) is 10.5. The second-order valence-corrected chi connectivity index (χ2v) is 17.5. The van der Waals surface area contributed by atoms with Gasteiger partial charge in [-0.25, -0.2) is 15.0 Å². The van der Waals surface area contributed by atoms with E-state index in [2.05, 4.69) is 202 Å². The number of allylic oxidation sites excluding steroid dienone is 5. The third kappa shape index (κ3) is 6.93. The van der Waals surface area contributed by atoms with Crippen molar-refractivity contribution < 1.29 is 0 Å². The van der Waals surface area contributed by atoms with E-state index < -0.39 is 0 Å². The zero-order valence-corrected chi connectivity index (χ0v) is 35.0. The van der Waals surface area contributed by atoms with Gasteiger partial charge in [-0.3, -0.25) is 0 Å². The molecule has 2 atom stereocenters. The van der Waals surface area contributed by atoms with Crippen molar-refractivity contribution in [1.82, 2.24) is 15.0 Å². The molecular weight excluding hydrogens is 759 g/mol. The Kier molecular flexibility index (Phi) is 9.43. The van der Waals surface area contributed by atoms with E-state index in [4.69, 9.17) is 15.0 Å². The highest BCUT2D eigenvalue weighted by atomic mass is 32.1. The average Bonchev–Trinajstić information content (AvgIpc) is 3.69. The van der Waals surface area contributed by atoms with Crippen molar-refractivity contribution >= 4 is 49.4 Å². The molecule has 0 aliphatic heterocycles. The van der Waals surface area contributed by atoms with Gasteiger partial charge in [0.05, 0.1) is 0 Å². The first-order valence-electron chi connectivity index (χ1n) is 21.3. The summed E-state index contributed by atoms with van der Waals surface area (Å²) >= 11 is 1.85. The highest BCUT2D eigenvalue weighted by Gasteiger charge is 2.26. The van der Waals surface area contributed by atoms with Gasteiger partial charge in [0, 0.05) is 26.3 Å². The highest BCUT2D eigenvalue weighted by Crippen LogP contribution is 2.44. The summed E-state index contributed by atoms with van der Waals surface area (Å²) in [5.41, 5.74) is 14.2. The molecule has 11 rings (SSSR count). The van der Waals surface area contributed by atoms with Gasteiger partial charge in [0.1, 0.15) is 0 Å². The molecule has 2 unspecified atom stereocenters. The van der Waals surface area contributed by atoms with Crippen LogP contribution in [0.2, 0.25) is 0 Å². The van der Waals surface area contributed by atoms with Crippen LogP contribution < -0.4 is 0 Å². The fourth-order valence-electron chi connectivity index (χ4n) is 9.22. The lowest BCUT2D eigenvalue weighted by molar-refractivity contribution is 0.724. The van der Waals surface area contributed by atoms with Crippen molar-refractivity contribution in [3.05, 3.63) is 204 Å². The van der Waals surface area contributed by atoms with Crippen molar-refractivity contribution in [2.45, 2.75) is 26.7 Å². The fraction of sp³-hybridized carbons (Fsp3) is 0.105. The van der Waals surface area contributed by atoms with Gasteiger partial charge < -0.3 is 0 Å². The zero-order valence-electron chi connectivity index (χ0n) is 34.2. The quantitative estimate of drug-likeness (QED) is 0.161. The van der Waals surface area contributed by atoms with Gasteiger partial charge in [-0.05, 0) is 109 Å². The molecule has 61 heavy (non-hydrogen) atoms. The van der Waals surface area contributed by atoms with E-state index in [0.29, 0.717) is 17.6 Å². The Labute approximate surface area is 361 Å². The maximum absolute atomic E-state index is 5.50. The predicted molar refractivity (Wildman–Crippen MR) is 258 cm³/mol. The molecule has 4 heteroatoms. The Bertz CT molecular complexity index is 3210. The first-order valence-corrected chi connectivity index (χ1v) is 22.1. The van der Waals surface area contributed by atoms with Crippen LogP contribution in [0.5, 0.6) is 0 Å². The molecule has 0 amide bonds. The van der Waals surface area contributed by atoms with Gasteiger partial charge >= 0.3 is 0 Å². The molecule has 0 saturated carbocycles. The molecule has 0 radical (unpaired) electrons. The van der Waals surface area contributed by atoms with Gasteiger partial charge in [-0.15, -0.1) is 11.3 Å². The molecule has 9 aromatic rings. The van der Waals surface area contributed by atoms with Gasteiger partial charge in [0.25, 0.3) is 0 Å². The number of fused-ring (bicyclic) bond motifs is 4. The summed E-state index contributed by atoms with van der Waals surface area (Å²) in [6, 6.07) is 58.7. The third-order valence-corrected chi connectivity index (χ3v) is 13.6. The normalized spacial score (nSPS) is 16.0. The van der Waals surface area contributed by atoms with E-state index in [9.17, 15) is 0 Å². The molecule has 2 heterocycles. The molecule has 2 aromatic heterocycles. The molecule has 2 aliphatic carbocycles. The minimum Gasteiger partial charge on any atom is -0.208 e. The van der Waals surface area contributed by atoms with Crippen LogP contribution in [0.3, 0.4) is 0 Å². The van der Waals surface area contributed by atoms with Gasteiger partial charge in [-0.1, -0.05) is 184 Å². The van der Waals surface area contributed by atoms with Gasteiger partial charge in [0.2, 0.25) is 0 Å². The summed E-state index contributed by atoms with van der Waals surface area (Å²) in [7, 11) is 0. The Hall–Kier alpha value is -7.01. The molecule has 0 fully saturated rings. The second kappa shape index (κ2) is 15.5. The number of hydrogen-bond donors (Lipinski definition) is 0. The third-order valence-electron chi connectivity index (χ3n) is 12.4. The Balaban J connectivity index is 1.10. The van der Waals surface area contributed by atoms with Crippen molar-refractivity contribution in [3.63, 3.8) is 0 Å². The number of benzene rings is 7. The Morgan fingerprint density at radius 1 is 0.492 bits per heavy atom. The largest absolute Gasteiger partial charge is 0.208 e. The van der Waals surface area contributed by atoms with Crippen LogP contribution in [0.15, 0.2) is 182 Å². The number of hydrogen-bond acceptors (Lipinski definition) is 4. The van der Waals surface area contributed by atoms with E-state index in [1.165, 1.54) is 53.9 Å². The van der Waals surface area contributed by atoms with Crippen molar-refractivity contribution in [2.75, 3.05) is 0 Å². The van der Waals surface area contributed by atoms with E-state index in [-0.39, 0.29) is 5.92 Å². The molecule has 0 bridgehead atoms. The summed E-state index contributed by atoms with van der Waals surface area (Å²) in [4.78, 5) is 17.8. The Morgan fingerprint density at radius 3 is 1.93 bits per heavy atom. The summed E-state index contributed by atoms with van der Waals surface area (Å²) in [5.74, 6) is 2.81. The average molecular weight is 802 g/mol. The first kappa shape index (κ1) is 37.0. The molecule has 0 N–H and O–H groups in total. The lowest BCUT2D eigenvalue weighted by Crippen LogP contribution is -2.10. The van der Waals surface area contributed by atoms with E-state index in [1.807, 2.05) is 11.3 Å². The highest BCUT2D eigenvalue weighted by molar-refractivity contribution is 7.20. The zero-order chi connectivity index (χ0) is 40.9. The minimum atomic E-state index is 0.183. The number of thiophene rings is 1. The predicted octanol–water partition coefficient (Wildman–Crippen LogP) is 15.3. The molecule has 3 nitrogen and oxygen atoms in total. The standard InChI is InChI=1S/C57H43N3S/c1-36-23-32-52-51(33-36)49-21-12-22-50(54(49)61-52)56-58-55(46-30-29-44(34-37(46)2)41-26-24-40(25-27-41)38-13-5-3-6-14-38)59-57(60-56)53-47-20-10-9-17-42(47)28-31-48(53)45-19-11-18-43(35-45)39-15-7-4-8-16-39/h3-32,35-37H,33-34H2,1-2H3. The summed E-state index contributed by atoms with van der Waals surface area (Å²) in [5, 5.41) is 3.56. The summed E-state index contributed by atoms with van der Waals surface area (Å²) < 4.78 is 1.23. The van der Waals surface area contributed by atoms with Crippen LogP contribution in [0.1, 0.15) is 42.1 Å². The molecular formula is C57H43N3S. The Morgan fingerprint density at radius 2 is 1.13 bits per heavy atom. The van der Waals surface area contributed by atoms with Crippen LogP contribution in [-0.4, -0.2) is 15.0 Å². The van der Waals surface area contributed by atoms with E-state index in [1.54, 1.807) is 0 Å². The minimum absolute atomic E-state index is 0.183. The number of rotatable bonds is 7. The van der Waals surface area contributed by atoms with Crippen LogP contribution >= 0.6 is 11.3 Å². The van der Waals surface area contributed by atoms with Crippen LogP contribution in [0, 0.1) is 11.8 Å². The van der Waals surface area contributed by atoms with Crippen LogP contribution in [0.4, 0.5) is 0 Å². The maximum Gasteiger partial charge on any atom is 0.165 e. The number of aromatic nitrogens is 3. The van der Waals surface area contributed by atoms with Crippen molar-refractivity contribution in [2.24, 2.45) is 11.8 Å².